The molecule has 2 atom stereocenters. The van der Waals surface area contributed by atoms with Crippen LogP contribution in [0.5, 0.6) is 5.75 Å². The zero-order valence-corrected chi connectivity index (χ0v) is 14.8. The smallest absolute Gasteiger partial charge is 0.196 e. The number of hydrogen-bond donors (Lipinski definition) is 2. The van der Waals surface area contributed by atoms with Gasteiger partial charge in [0.15, 0.2) is 5.79 Å². The molecule has 25 heavy (non-hydrogen) atoms. The van der Waals surface area contributed by atoms with Gasteiger partial charge in [0.1, 0.15) is 18.5 Å². The van der Waals surface area contributed by atoms with E-state index in [0.717, 1.165) is 19.4 Å². The number of aliphatic hydroxyl groups is 1. The van der Waals surface area contributed by atoms with Crippen molar-refractivity contribution >= 4 is 0 Å². The molecular weight excluding hydrogens is 314 g/mol. The van der Waals surface area contributed by atoms with Crippen molar-refractivity contribution in [2.45, 2.75) is 38.1 Å². The van der Waals surface area contributed by atoms with Gasteiger partial charge in [-0.1, -0.05) is 49.4 Å². The van der Waals surface area contributed by atoms with Crippen molar-refractivity contribution in [1.82, 2.24) is 5.32 Å². The Kier molecular flexibility index (Phi) is 6.08. The third-order valence-electron chi connectivity index (χ3n) is 4.49. The molecule has 4 heteroatoms. The minimum Gasteiger partial charge on any atom is -0.490 e. The predicted octanol–water partition coefficient (Wildman–Crippen LogP) is 3.24. The van der Waals surface area contributed by atoms with Crippen LogP contribution in [-0.4, -0.2) is 30.9 Å². The number of rotatable bonds is 7. The summed E-state index contributed by atoms with van der Waals surface area (Å²) in [5, 5.41) is 14.7. The van der Waals surface area contributed by atoms with E-state index in [1.54, 1.807) is 0 Å². The number of benzene rings is 2. The Hall–Kier alpha value is -1.88. The SMILES string of the molecule is CCCNC[C@H]1COc2ccccc2[C@](O)(CCc2ccccc2)O1. The monoisotopic (exact) mass is 341 g/mol. The number of hydrogen-bond acceptors (Lipinski definition) is 4. The Morgan fingerprint density at radius 3 is 2.68 bits per heavy atom. The number of para-hydroxylation sites is 1. The lowest BCUT2D eigenvalue weighted by molar-refractivity contribution is -0.240. The lowest BCUT2D eigenvalue weighted by Gasteiger charge is -2.30. The first-order valence-electron chi connectivity index (χ1n) is 9.08. The van der Waals surface area contributed by atoms with Crippen LogP contribution in [0, 0.1) is 0 Å². The molecule has 2 aromatic carbocycles. The highest BCUT2D eigenvalue weighted by atomic mass is 16.6. The van der Waals surface area contributed by atoms with Gasteiger partial charge in [-0.15, -0.1) is 0 Å². The molecule has 134 valence electrons. The van der Waals surface area contributed by atoms with Gasteiger partial charge in [-0.25, -0.2) is 0 Å². The molecule has 0 spiro atoms. The molecule has 0 aromatic heterocycles. The standard InChI is InChI=1S/C21H27NO3/c1-2-14-22-15-18-16-24-20-11-7-6-10-19(20)21(23,25-18)13-12-17-8-4-3-5-9-17/h3-11,18,22-23H,2,12-16H2,1H3/t18-,21-/m0/s1. The molecule has 2 N–H and O–H groups in total. The molecule has 0 bridgehead atoms. The minimum absolute atomic E-state index is 0.195. The van der Waals surface area contributed by atoms with Crippen LogP contribution in [0.1, 0.15) is 30.9 Å². The van der Waals surface area contributed by atoms with Crippen LogP contribution in [0.3, 0.4) is 0 Å². The van der Waals surface area contributed by atoms with Crippen molar-refractivity contribution in [3.8, 4) is 5.75 Å². The molecule has 0 saturated heterocycles. The van der Waals surface area contributed by atoms with E-state index in [1.165, 1.54) is 5.56 Å². The number of ether oxygens (including phenoxy) is 2. The molecule has 0 fully saturated rings. The zero-order chi connectivity index (χ0) is 17.5. The van der Waals surface area contributed by atoms with Gasteiger partial charge in [-0.2, -0.15) is 0 Å². The molecule has 0 unspecified atom stereocenters. The van der Waals surface area contributed by atoms with Crippen molar-refractivity contribution in [2.75, 3.05) is 19.7 Å². The van der Waals surface area contributed by atoms with E-state index >= 15 is 0 Å². The van der Waals surface area contributed by atoms with Gasteiger partial charge in [0.2, 0.25) is 0 Å². The van der Waals surface area contributed by atoms with E-state index in [2.05, 4.69) is 24.4 Å². The van der Waals surface area contributed by atoms with Crippen molar-refractivity contribution in [2.24, 2.45) is 0 Å². The fraction of sp³-hybridized carbons (Fsp3) is 0.429. The summed E-state index contributed by atoms with van der Waals surface area (Å²) in [6.07, 6.45) is 2.09. The second kappa shape index (κ2) is 8.48. The summed E-state index contributed by atoms with van der Waals surface area (Å²) in [5.41, 5.74) is 1.90. The van der Waals surface area contributed by atoms with Crippen molar-refractivity contribution < 1.29 is 14.6 Å². The van der Waals surface area contributed by atoms with E-state index < -0.39 is 5.79 Å². The molecular formula is C21H27NO3. The van der Waals surface area contributed by atoms with Crippen molar-refractivity contribution in [3.05, 3.63) is 65.7 Å². The molecule has 4 nitrogen and oxygen atoms in total. The zero-order valence-electron chi connectivity index (χ0n) is 14.8. The molecule has 0 aliphatic carbocycles. The number of aryl methyl sites for hydroxylation is 1. The second-order valence-electron chi connectivity index (χ2n) is 6.52. The molecule has 1 aliphatic rings. The van der Waals surface area contributed by atoms with Crippen LogP contribution >= 0.6 is 0 Å². The third-order valence-corrected chi connectivity index (χ3v) is 4.49. The summed E-state index contributed by atoms with van der Waals surface area (Å²) in [4.78, 5) is 0. The maximum absolute atomic E-state index is 11.4. The Morgan fingerprint density at radius 1 is 1.12 bits per heavy atom. The van der Waals surface area contributed by atoms with E-state index in [4.69, 9.17) is 9.47 Å². The average molecular weight is 341 g/mol. The van der Waals surface area contributed by atoms with E-state index in [9.17, 15) is 5.11 Å². The highest BCUT2D eigenvalue weighted by Crippen LogP contribution is 2.38. The maximum atomic E-state index is 11.4. The molecule has 0 radical (unpaired) electrons. The van der Waals surface area contributed by atoms with Crippen LogP contribution in [0.2, 0.25) is 0 Å². The molecule has 0 amide bonds. The highest BCUT2D eigenvalue weighted by molar-refractivity contribution is 5.37. The van der Waals surface area contributed by atoms with Crippen LogP contribution in [-0.2, 0) is 16.9 Å². The Bertz CT molecular complexity index is 661. The predicted molar refractivity (Wildman–Crippen MR) is 98.6 cm³/mol. The largest absolute Gasteiger partial charge is 0.490 e. The second-order valence-corrected chi connectivity index (χ2v) is 6.52. The van der Waals surface area contributed by atoms with Gasteiger partial charge in [-0.05, 0) is 37.1 Å². The minimum atomic E-state index is -1.35. The van der Waals surface area contributed by atoms with Gasteiger partial charge >= 0.3 is 0 Å². The first kappa shape index (κ1) is 17.9. The van der Waals surface area contributed by atoms with Crippen LogP contribution in [0.4, 0.5) is 0 Å². The molecule has 1 aliphatic heterocycles. The lowest BCUT2D eigenvalue weighted by atomic mass is 9.97. The summed E-state index contributed by atoms with van der Waals surface area (Å²) in [6.45, 7) is 4.15. The first-order chi connectivity index (χ1) is 12.2. The maximum Gasteiger partial charge on any atom is 0.196 e. The normalized spacial score (nSPS) is 22.7. The van der Waals surface area contributed by atoms with E-state index in [-0.39, 0.29) is 6.10 Å². The Morgan fingerprint density at radius 2 is 1.88 bits per heavy atom. The van der Waals surface area contributed by atoms with Crippen LogP contribution in [0.25, 0.3) is 0 Å². The number of fused-ring (bicyclic) bond motifs is 1. The molecule has 1 heterocycles. The molecule has 3 rings (SSSR count). The number of nitrogens with one attached hydrogen (secondary N) is 1. The van der Waals surface area contributed by atoms with Crippen LogP contribution < -0.4 is 10.1 Å². The lowest BCUT2D eigenvalue weighted by Crippen LogP contribution is -2.40. The van der Waals surface area contributed by atoms with Gasteiger partial charge in [0.05, 0.1) is 5.56 Å². The summed E-state index contributed by atoms with van der Waals surface area (Å²) < 4.78 is 12.1. The Balaban J connectivity index is 1.78. The van der Waals surface area contributed by atoms with Crippen LogP contribution in [0.15, 0.2) is 54.6 Å². The van der Waals surface area contributed by atoms with Crippen molar-refractivity contribution in [1.29, 1.82) is 0 Å². The van der Waals surface area contributed by atoms with Gasteiger partial charge in [-0.3, -0.25) is 0 Å². The fourth-order valence-corrected chi connectivity index (χ4v) is 3.16. The van der Waals surface area contributed by atoms with Crippen molar-refractivity contribution in [3.63, 3.8) is 0 Å². The van der Waals surface area contributed by atoms with E-state index in [1.807, 2.05) is 42.5 Å². The first-order valence-corrected chi connectivity index (χ1v) is 9.08. The molecule has 0 saturated carbocycles. The molecule has 2 aromatic rings. The quantitative estimate of drug-likeness (QED) is 0.759. The Labute approximate surface area is 149 Å². The summed E-state index contributed by atoms with van der Waals surface area (Å²) in [6, 6.07) is 17.8. The highest BCUT2D eigenvalue weighted by Gasteiger charge is 2.38. The average Bonchev–Trinajstić information content (AvgIpc) is 2.79. The summed E-state index contributed by atoms with van der Waals surface area (Å²) in [7, 11) is 0. The van der Waals surface area contributed by atoms with Gasteiger partial charge < -0.3 is 19.9 Å². The fourth-order valence-electron chi connectivity index (χ4n) is 3.16. The van der Waals surface area contributed by atoms with Gasteiger partial charge in [0, 0.05) is 13.0 Å². The van der Waals surface area contributed by atoms with Gasteiger partial charge in [0.25, 0.3) is 0 Å². The van der Waals surface area contributed by atoms with E-state index in [0.29, 0.717) is 30.9 Å². The summed E-state index contributed by atoms with van der Waals surface area (Å²) in [5.74, 6) is -0.641. The topological polar surface area (TPSA) is 50.7 Å². The summed E-state index contributed by atoms with van der Waals surface area (Å²) >= 11 is 0. The third kappa shape index (κ3) is 4.60.